The molecule has 0 unspecified atom stereocenters. The molecule has 3 nitrogen and oxygen atoms in total. The summed E-state index contributed by atoms with van der Waals surface area (Å²) in [5, 5.41) is 0. The maximum absolute atomic E-state index is 13.1. The van der Waals surface area contributed by atoms with Crippen LogP contribution in [0.3, 0.4) is 0 Å². The van der Waals surface area contributed by atoms with E-state index >= 15 is 0 Å². The Labute approximate surface area is 146 Å². The molecule has 0 radical (unpaired) electrons. The van der Waals surface area contributed by atoms with Crippen LogP contribution in [-0.2, 0) is 0 Å². The van der Waals surface area contributed by atoms with E-state index in [1.807, 2.05) is 0 Å². The van der Waals surface area contributed by atoms with Crippen molar-refractivity contribution in [2.75, 3.05) is 0 Å². The Morgan fingerprint density at radius 2 is 1.69 bits per heavy atom. The second-order valence-corrected chi connectivity index (χ2v) is 5.63. The maximum atomic E-state index is 13.1. The number of aromatic nitrogens is 1. The minimum Gasteiger partial charge on any atom is -0.406 e. The van der Waals surface area contributed by atoms with Crippen molar-refractivity contribution in [1.29, 1.82) is 0 Å². The van der Waals surface area contributed by atoms with Crippen molar-refractivity contribution in [2.24, 2.45) is 0 Å². The Bertz CT molecular complexity index is 992. The topological polar surface area (TPSA) is 31.2 Å². The third-order valence-electron chi connectivity index (χ3n) is 3.75. The lowest BCUT2D eigenvalue weighted by molar-refractivity contribution is -0.274. The first-order chi connectivity index (χ1) is 12.2. The van der Waals surface area contributed by atoms with E-state index in [0.717, 1.165) is 12.1 Å². The van der Waals surface area contributed by atoms with Crippen LogP contribution < -0.4 is 10.3 Å². The van der Waals surface area contributed by atoms with Crippen molar-refractivity contribution in [3.63, 3.8) is 0 Å². The summed E-state index contributed by atoms with van der Waals surface area (Å²) in [5.74, 6) is -0.817. The fourth-order valence-electron chi connectivity index (χ4n) is 2.59. The Balaban J connectivity index is 2.08. The number of nitrogens with zero attached hydrogens (tertiary/aromatic N) is 1. The summed E-state index contributed by atoms with van der Waals surface area (Å²) in [6.07, 6.45) is -3.31. The van der Waals surface area contributed by atoms with Gasteiger partial charge in [0.2, 0.25) is 0 Å². The molecule has 3 rings (SSSR count). The van der Waals surface area contributed by atoms with Gasteiger partial charge in [-0.15, -0.1) is 13.2 Å². The first kappa shape index (κ1) is 17.7. The summed E-state index contributed by atoms with van der Waals surface area (Å²) in [4.78, 5) is 12.3. The smallest absolute Gasteiger partial charge is 0.406 e. The molecule has 0 aliphatic rings. The van der Waals surface area contributed by atoms with Crippen LogP contribution in [0.25, 0.3) is 16.8 Å². The monoisotopic (exact) mass is 363 g/mol. The molecule has 0 N–H and O–H groups in total. The lowest BCUT2D eigenvalue weighted by atomic mass is 10.0. The van der Waals surface area contributed by atoms with Gasteiger partial charge in [0.1, 0.15) is 11.6 Å². The maximum Gasteiger partial charge on any atom is 0.573 e. The van der Waals surface area contributed by atoms with Gasteiger partial charge >= 0.3 is 6.36 Å². The molecule has 134 valence electrons. The molecule has 0 spiro atoms. The van der Waals surface area contributed by atoms with Crippen molar-refractivity contribution < 1.29 is 22.3 Å². The quantitative estimate of drug-likeness (QED) is 0.623. The summed E-state index contributed by atoms with van der Waals surface area (Å²) >= 11 is 0. The molecule has 3 aromatic rings. The standard InChI is InChI=1S/C19H13F4NO2/c1-12-9-18(25)24(11-17(12)13-5-7-14(20)8-6-13)15-3-2-4-16(10-15)26-19(21,22)23/h2-11H,1H3. The second kappa shape index (κ2) is 6.67. The number of halogens is 4. The Kier molecular flexibility index (Phi) is 4.54. The predicted octanol–water partition coefficient (Wildman–Crippen LogP) is 4.85. The molecular formula is C19H13F4NO2. The summed E-state index contributed by atoms with van der Waals surface area (Å²) in [5.41, 5.74) is 1.82. The molecule has 2 aromatic carbocycles. The van der Waals surface area contributed by atoms with Crippen LogP contribution in [0, 0.1) is 12.7 Å². The molecule has 0 saturated carbocycles. The van der Waals surface area contributed by atoms with Gasteiger partial charge in [-0.2, -0.15) is 0 Å². The van der Waals surface area contributed by atoms with Crippen molar-refractivity contribution >= 4 is 0 Å². The number of benzene rings is 2. The van der Waals surface area contributed by atoms with Gasteiger partial charge in [-0.1, -0.05) is 18.2 Å². The van der Waals surface area contributed by atoms with E-state index in [0.29, 0.717) is 16.7 Å². The molecule has 1 heterocycles. The minimum atomic E-state index is -4.82. The largest absolute Gasteiger partial charge is 0.573 e. The fraction of sp³-hybridized carbons (Fsp3) is 0.105. The average molecular weight is 363 g/mol. The molecule has 0 aliphatic carbocycles. The van der Waals surface area contributed by atoms with Crippen molar-refractivity contribution in [1.82, 2.24) is 4.57 Å². The van der Waals surface area contributed by atoms with E-state index in [1.54, 1.807) is 19.1 Å². The molecule has 26 heavy (non-hydrogen) atoms. The average Bonchev–Trinajstić information content (AvgIpc) is 2.55. The predicted molar refractivity (Wildman–Crippen MR) is 88.9 cm³/mol. The third-order valence-corrected chi connectivity index (χ3v) is 3.75. The number of alkyl halides is 3. The molecule has 0 saturated heterocycles. The number of pyridine rings is 1. The molecule has 0 amide bonds. The van der Waals surface area contributed by atoms with Gasteiger partial charge in [0, 0.05) is 23.9 Å². The summed E-state index contributed by atoms with van der Waals surface area (Å²) in [7, 11) is 0. The molecular weight excluding hydrogens is 350 g/mol. The van der Waals surface area contributed by atoms with Crippen LogP contribution in [0.2, 0.25) is 0 Å². The van der Waals surface area contributed by atoms with E-state index in [-0.39, 0.29) is 5.69 Å². The minimum absolute atomic E-state index is 0.222. The lowest BCUT2D eigenvalue weighted by Crippen LogP contribution is -2.19. The van der Waals surface area contributed by atoms with Crippen LogP contribution in [0.1, 0.15) is 5.56 Å². The molecule has 0 aliphatic heterocycles. The highest BCUT2D eigenvalue weighted by molar-refractivity contribution is 5.66. The first-order valence-corrected chi connectivity index (χ1v) is 7.58. The van der Waals surface area contributed by atoms with Gasteiger partial charge in [0.25, 0.3) is 5.56 Å². The Hall–Kier alpha value is -3.09. The number of rotatable bonds is 3. The first-order valence-electron chi connectivity index (χ1n) is 7.58. The van der Waals surface area contributed by atoms with Crippen LogP contribution in [0.15, 0.2) is 65.6 Å². The van der Waals surface area contributed by atoms with E-state index < -0.39 is 23.5 Å². The Morgan fingerprint density at radius 1 is 1.00 bits per heavy atom. The molecule has 0 bridgehead atoms. The normalized spacial score (nSPS) is 11.4. The van der Waals surface area contributed by atoms with Crippen LogP contribution in [0.4, 0.5) is 17.6 Å². The van der Waals surface area contributed by atoms with E-state index in [1.165, 1.54) is 41.1 Å². The zero-order valence-corrected chi connectivity index (χ0v) is 13.5. The number of hydrogen-bond acceptors (Lipinski definition) is 2. The van der Waals surface area contributed by atoms with E-state index in [9.17, 15) is 22.4 Å². The van der Waals surface area contributed by atoms with Gasteiger partial charge < -0.3 is 4.74 Å². The fourth-order valence-corrected chi connectivity index (χ4v) is 2.59. The lowest BCUT2D eigenvalue weighted by Gasteiger charge is -2.13. The highest BCUT2D eigenvalue weighted by Gasteiger charge is 2.31. The van der Waals surface area contributed by atoms with Crippen LogP contribution >= 0.6 is 0 Å². The summed E-state index contributed by atoms with van der Waals surface area (Å²) < 4.78 is 55.5. The van der Waals surface area contributed by atoms with E-state index in [4.69, 9.17) is 0 Å². The second-order valence-electron chi connectivity index (χ2n) is 5.63. The third kappa shape index (κ3) is 3.93. The van der Waals surface area contributed by atoms with Crippen molar-refractivity contribution in [3.8, 4) is 22.6 Å². The number of ether oxygens (including phenoxy) is 1. The van der Waals surface area contributed by atoms with Gasteiger partial charge in [0.15, 0.2) is 0 Å². The van der Waals surface area contributed by atoms with Gasteiger partial charge in [-0.05, 0) is 42.3 Å². The molecule has 7 heteroatoms. The molecule has 0 fully saturated rings. The number of aryl methyl sites for hydroxylation is 1. The zero-order chi connectivity index (χ0) is 18.9. The molecule has 1 aromatic heterocycles. The van der Waals surface area contributed by atoms with Crippen molar-refractivity contribution in [2.45, 2.75) is 13.3 Å². The van der Waals surface area contributed by atoms with Gasteiger partial charge in [-0.3, -0.25) is 9.36 Å². The molecule has 0 atom stereocenters. The highest BCUT2D eigenvalue weighted by Crippen LogP contribution is 2.26. The SMILES string of the molecule is Cc1cc(=O)n(-c2cccc(OC(F)(F)F)c2)cc1-c1ccc(F)cc1. The zero-order valence-electron chi connectivity index (χ0n) is 13.5. The Morgan fingerprint density at radius 3 is 2.35 bits per heavy atom. The van der Waals surface area contributed by atoms with Gasteiger partial charge in [0.05, 0.1) is 5.69 Å². The van der Waals surface area contributed by atoms with Crippen LogP contribution in [-0.4, -0.2) is 10.9 Å². The van der Waals surface area contributed by atoms with E-state index in [2.05, 4.69) is 4.74 Å². The highest BCUT2D eigenvalue weighted by atomic mass is 19.4. The van der Waals surface area contributed by atoms with Crippen LogP contribution in [0.5, 0.6) is 5.75 Å². The summed E-state index contributed by atoms with van der Waals surface area (Å²) in [6.45, 7) is 1.73. The number of hydrogen-bond donors (Lipinski definition) is 0. The van der Waals surface area contributed by atoms with Crippen molar-refractivity contribution in [3.05, 3.63) is 82.5 Å². The van der Waals surface area contributed by atoms with Gasteiger partial charge in [-0.25, -0.2) is 4.39 Å². The summed E-state index contributed by atoms with van der Waals surface area (Å²) in [6, 6.07) is 12.2.